The van der Waals surface area contributed by atoms with Crippen molar-refractivity contribution in [3.05, 3.63) is 46.0 Å². The number of benzene rings is 1. The second-order valence-corrected chi connectivity index (χ2v) is 13.8. The molecule has 0 unspecified atom stereocenters. The summed E-state index contributed by atoms with van der Waals surface area (Å²) in [6, 6.07) is 7.62. The molecule has 4 rings (SSSR count). The number of anilines is 1. The van der Waals surface area contributed by atoms with E-state index in [0.717, 1.165) is 22.6 Å². The Morgan fingerprint density at radius 3 is 2.51 bits per heavy atom. The normalized spacial score (nSPS) is 28.4. The van der Waals surface area contributed by atoms with Crippen LogP contribution in [-0.4, -0.2) is 60.0 Å². The summed E-state index contributed by atoms with van der Waals surface area (Å²) in [6.45, 7) is 11.2. The van der Waals surface area contributed by atoms with Crippen molar-refractivity contribution >= 4 is 28.3 Å². The van der Waals surface area contributed by atoms with Crippen LogP contribution in [0.15, 0.2) is 24.3 Å². The Morgan fingerprint density at radius 2 is 1.90 bits per heavy atom. The van der Waals surface area contributed by atoms with E-state index in [1.165, 1.54) is 11.3 Å². The summed E-state index contributed by atoms with van der Waals surface area (Å²) < 4.78 is 5.08. The minimum Gasteiger partial charge on any atom is -0.396 e. The zero-order valence-electron chi connectivity index (χ0n) is 24.0. The third-order valence-corrected chi connectivity index (χ3v) is 10.2. The van der Waals surface area contributed by atoms with E-state index in [0.29, 0.717) is 36.7 Å². The number of nitrogens with one attached hydrogen (secondary N) is 2. The molecule has 1 saturated carbocycles. The van der Waals surface area contributed by atoms with Crippen LogP contribution in [-0.2, 0) is 21.4 Å². The SMILES string of the molecule is COCCNC(=O)C[C@@H]1c2nc(NC(=O)c3ccc(C(C)(C)C)cc3)sc2C[C@@H]2[C@](C)(CO)[C@H](O)CC[C@]21C. The molecule has 0 bridgehead atoms. The van der Waals surface area contributed by atoms with E-state index in [4.69, 9.17) is 9.72 Å². The standard InChI is InChI=1S/C30H43N3O5S/c1-28(2,3)19-9-7-18(8-10-19)26(37)33-27-32-25-20(15-24(36)31-13-14-38-6)29(4)12-11-23(35)30(5,17-34)22(29)16-21(25)39-27/h7-10,20,22-23,34-35H,11-17H2,1-6H3,(H,31,36)(H,32,33,37)/t20-,22+,23-,29+,30+/m1/s1. The third kappa shape index (κ3) is 5.78. The van der Waals surface area contributed by atoms with Gasteiger partial charge in [0.1, 0.15) is 0 Å². The fraction of sp³-hybridized carbons (Fsp3) is 0.633. The molecule has 1 heterocycles. The predicted molar refractivity (Wildman–Crippen MR) is 153 cm³/mol. The third-order valence-electron chi connectivity index (χ3n) is 9.15. The summed E-state index contributed by atoms with van der Waals surface area (Å²) in [4.78, 5) is 32.0. The number of rotatable bonds is 8. The van der Waals surface area contributed by atoms with Gasteiger partial charge in [-0.3, -0.25) is 14.9 Å². The molecule has 2 aliphatic rings. The van der Waals surface area contributed by atoms with Crippen LogP contribution < -0.4 is 10.6 Å². The van der Waals surface area contributed by atoms with E-state index in [1.54, 1.807) is 7.11 Å². The average Bonchev–Trinajstić information content (AvgIpc) is 3.29. The van der Waals surface area contributed by atoms with E-state index >= 15 is 0 Å². The number of fused-ring (bicyclic) bond motifs is 2. The first-order valence-electron chi connectivity index (χ1n) is 13.8. The van der Waals surface area contributed by atoms with Crippen molar-refractivity contribution < 1.29 is 24.5 Å². The molecule has 39 heavy (non-hydrogen) atoms. The number of carbonyl (C=O) groups excluding carboxylic acids is 2. The number of hydrogen-bond acceptors (Lipinski definition) is 7. The largest absolute Gasteiger partial charge is 0.396 e. The molecule has 0 saturated heterocycles. The molecule has 1 aromatic carbocycles. The van der Waals surface area contributed by atoms with Crippen LogP contribution in [0.4, 0.5) is 5.13 Å². The Labute approximate surface area is 235 Å². The van der Waals surface area contributed by atoms with E-state index in [2.05, 4.69) is 38.3 Å². The van der Waals surface area contributed by atoms with E-state index in [1.807, 2.05) is 31.2 Å². The van der Waals surface area contributed by atoms with Gasteiger partial charge in [0.05, 0.1) is 25.0 Å². The van der Waals surface area contributed by atoms with Gasteiger partial charge in [-0.15, -0.1) is 11.3 Å². The number of nitrogens with zero attached hydrogens (tertiary/aromatic N) is 1. The number of ether oxygens (including phenoxy) is 1. The Kier molecular flexibility index (Phi) is 8.57. The van der Waals surface area contributed by atoms with Gasteiger partial charge in [-0.2, -0.15) is 0 Å². The number of thiazole rings is 1. The van der Waals surface area contributed by atoms with Crippen LogP contribution in [0.25, 0.3) is 0 Å². The van der Waals surface area contributed by atoms with Gasteiger partial charge in [0.15, 0.2) is 5.13 Å². The highest BCUT2D eigenvalue weighted by Gasteiger charge is 2.59. The van der Waals surface area contributed by atoms with Gasteiger partial charge in [-0.1, -0.05) is 46.8 Å². The first-order valence-corrected chi connectivity index (χ1v) is 14.6. The van der Waals surface area contributed by atoms with Crippen molar-refractivity contribution in [2.24, 2.45) is 16.7 Å². The molecule has 4 N–H and O–H groups in total. The second-order valence-electron chi connectivity index (χ2n) is 12.7. The smallest absolute Gasteiger partial charge is 0.257 e. The quantitative estimate of drug-likeness (QED) is 0.360. The van der Waals surface area contributed by atoms with Crippen LogP contribution in [0.5, 0.6) is 0 Å². The maximum atomic E-state index is 13.1. The molecule has 5 atom stereocenters. The predicted octanol–water partition coefficient (Wildman–Crippen LogP) is 4.26. The van der Waals surface area contributed by atoms with Crippen LogP contribution in [0.1, 0.15) is 86.3 Å². The van der Waals surface area contributed by atoms with Gasteiger partial charge in [0, 0.05) is 41.8 Å². The van der Waals surface area contributed by atoms with Crippen molar-refractivity contribution in [1.29, 1.82) is 0 Å². The Bertz CT molecular complexity index is 1190. The van der Waals surface area contributed by atoms with Gasteiger partial charge in [-0.05, 0) is 53.7 Å². The lowest BCUT2D eigenvalue weighted by Crippen LogP contribution is -2.57. The maximum absolute atomic E-state index is 13.1. The highest BCUT2D eigenvalue weighted by atomic mass is 32.1. The van der Waals surface area contributed by atoms with Crippen molar-refractivity contribution in [2.75, 3.05) is 32.2 Å². The van der Waals surface area contributed by atoms with Crippen molar-refractivity contribution in [1.82, 2.24) is 10.3 Å². The maximum Gasteiger partial charge on any atom is 0.257 e. The average molecular weight is 558 g/mol. The van der Waals surface area contributed by atoms with Crippen LogP contribution >= 0.6 is 11.3 Å². The fourth-order valence-electron chi connectivity index (χ4n) is 6.54. The molecule has 0 radical (unpaired) electrons. The Hall–Kier alpha value is -2.33. The summed E-state index contributed by atoms with van der Waals surface area (Å²) in [7, 11) is 1.60. The van der Waals surface area contributed by atoms with Gasteiger partial charge >= 0.3 is 0 Å². The second kappa shape index (κ2) is 11.3. The van der Waals surface area contributed by atoms with Gasteiger partial charge < -0.3 is 20.3 Å². The topological polar surface area (TPSA) is 121 Å². The zero-order valence-corrected chi connectivity index (χ0v) is 24.8. The van der Waals surface area contributed by atoms with Crippen LogP contribution in [0.2, 0.25) is 0 Å². The molecule has 2 aromatic rings. The number of carbonyl (C=O) groups is 2. The van der Waals surface area contributed by atoms with Crippen molar-refractivity contribution in [3.63, 3.8) is 0 Å². The van der Waals surface area contributed by atoms with Gasteiger partial charge in [0.25, 0.3) is 5.91 Å². The van der Waals surface area contributed by atoms with E-state index in [-0.39, 0.29) is 47.5 Å². The molecule has 0 spiro atoms. The molecule has 1 fully saturated rings. The summed E-state index contributed by atoms with van der Waals surface area (Å²) in [5, 5.41) is 27.8. The molecular formula is C30H43N3O5S. The molecule has 0 aliphatic heterocycles. The number of aromatic nitrogens is 1. The van der Waals surface area contributed by atoms with Gasteiger partial charge in [0.2, 0.25) is 5.91 Å². The number of methoxy groups -OCH3 is 1. The van der Waals surface area contributed by atoms with E-state index in [9.17, 15) is 19.8 Å². The van der Waals surface area contributed by atoms with Crippen LogP contribution in [0, 0.1) is 16.7 Å². The summed E-state index contributed by atoms with van der Waals surface area (Å²) in [6.07, 6.45) is 1.53. The molecule has 1 aromatic heterocycles. The molecule has 2 amide bonds. The fourth-order valence-corrected chi connectivity index (χ4v) is 7.60. The number of hydrogen-bond donors (Lipinski definition) is 4. The molecule has 9 heteroatoms. The van der Waals surface area contributed by atoms with Gasteiger partial charge in [-0.25, -0.2) is 4.98 Å². The first-order chi connectivity index (χ1) is 18.3. The van der Waals surface area contributed by atoms with Crippen molar-refractivity contribution in [2.45, 2.75) is 77.7 Å². The molecule has 2 aliphatic carbocycles. The lowest BCUT2D eigenvalue weighted by molar-refractivity contribution is -0.144. The molecule has 8 nitrogen and oxygen atoms in total. The summed E-state index contributed by atoms with van der Waals surface area (Å²) >= 11 is 1.43. The zero-order chi connectivity index (χ0) is 28.6. The lowest BCUT2D eigenvalue weighted by atomic mass is 9.47. The first kappa shape index (κ1) is 29.6. The lowest BCUT2D eigenvalue weighted by Gasteiger charge is -2.58. The number of amides is 2. The minimum absolute atomic E-state index is 0.00221. The van der Waals surface area contributed by atoms with E-state index < -0.39 is 11.5 Å². The minimum atomic E-state index is -0.697. The Morgan fingerprint density at radius 1 is 1.21 bits per heavy atom. The highest BCUT2D eigenvalue weighted by molar-refractivity contribution is 7.15. The molecule has 214 valence electrons. The number of aliphatic hydroxyl groups is 2. The van der Waals surface area contributed by atoms with Crippen LogP contribution in [0.3, 0.4) is 0 Å². The van der Waals surface area contributed by atoms with Crippen molar-refractivity contribution in [3.8, 4) is 0 Å². The monoisotopic (exact) mass is 557 g/mol. The summed E-state index contributed by atoms with van der Waals surface area (Å²) in [5.74, 6) is -0.564. The number of aliphatic hydroxyl groups excluding tert-OH is 2. The Balaban J connectivity index is 1.64. The highest BCUT2D eigenvalue weighted by Crippen LogP contribution is 2.62. The summed E-state index contributed by atoms with van der Waals surface area (Å²) in [5.41, 5.74) is 1.51. The molecular weight excluding hydrogens is 514 g/mol.